The molecule has 0 amide bonds. The molecule has 3 aliphatic rings. The lowest BCUT2D eigenvalue weighted by atomic mass is 10.1. The largest absolute Gasteiger partial charge is 0.390 e. The summed E-state index contributed by atoms with van der Waals surface area (Å²) in [6.07, 6.45) is -1.17. The van der Waals surface area contributed by atoms with Gasteiger partial charge in [0.25, 0.3) is 0 Å². The van der Waals surface area contributed by atoms with E-state index in [0.717, 1.165) is 12.1 Å². The first-order valence-electron chi connectivity index (χ1n) is 10.8. The second kappa shape index (κ2) is 8.22. The summed E-state index contributed by atoms with van der Waals surface area (Å²) in [7, 11) is 0. The number of aliphatic hydroxyl groups is 1. The van der Waals surface area contributed by atoms with Crippen LogP contribution >= 0.6 is 11.6 Å². The normalized spacial score (nSPS) is 31.2. The van der Waals surface area contributed by atoms with Gasteiger partial charge in [0, 0.05) is 12.0 Å². The lowest BCUT2D eigenvalue weighted by Crippen LogP contribution is -2.35. The van der Waals surface area contributed by atoms with Gasteiger partial charge in [0.15, 0.2) is 17.4 Å². The molecule has 3 N–H and O–H groups in total. The number of ether oxygens (including phenoxy) is 2. The summed E-state index contributed by atoms with van der Waals surface area (Å²) in [6.45, 7) is 3.44. The van der Waals surface area contributed by atoms with E-state index in [9.17, 15) is 24.0 Å². The Morgan fingerprint density at radius 2 is 1.76 bits per heavy atom. The summed E-state index contributed by atoms with van der Waals surface area (Å²) in [4.78, 5) is 19.3. The van der Waals surface area contributed by atoms with Crippen LogP contribution in [0.5, 0.6) is 0 Å². The van der Waals surface area contributed by atoms with E-state index < -0.39 is 52.4 Å². The number of nitrogens with zero attached hydrogens (tertiary/aromatic N) is 3. The Morgan fingerprint density at radius 1 is 1.12 bits per heavy atom. The molecule has 34 heavy (non-hydrogen) atoms. The highest BCUT2D eigenvalue weighted by Gasteiger charge is 2.54. The molecule has 13 heteroatoms. The van der Waals surface area contributed by atoms with Crippen LogP contribution in [0, 0.1) is 21.7 Å². The highest BCUT2D eigenvalue weighted by atomic mass is 35.5. The van der Waals surface area contributed by atoms with Crippen molar-refractivity contribution >= 4 is 28.9 Å². The lowest BCUT2D eigenvalue weighted by Gasteiger charge is -2.23. The summed E-state index contributed by atoms with van der Waals surface area (Å²) >= 11 is 6.07. The molecule has 182 valence electrons. The van der Waals surface area contributed by atoms with Crippen molar-refractivity contribution in [3.8, 4) is 0 Å². The molecule has 1 aromatic carbocycles. The topological polar surface area (TPSA) is 132 Å². The van der Waals surface area contributed by atoms with Crippen LogP contribution in [0.3, 0.4) is 0 Å². The Balaban J connectivity index is 1.38. The van der Waals surface area contributed by atoms with Crippen molar-refractivity contribution in [2.45, 2.75) is 68.8 Å². The monoisotopic (exact) mass is 497 g/mol. The molecular formula is C21H22ClF2N5O5. The fraction of sp³-hybridized carbons (Fsp3) is 0.524. The Hall–Kier alpha value is -2.67. The highest BCUT2D eigenvalue weighted by molar-refractivity contribution is 6.28. The molecule has 5 rings (SSSR count). The van der Waals surface area contributed by atoms with Crippen LogP contribution in [0.4, 0.5) is 26.1 Å². The average molecular weight is 498 g/mol. The van der Waals surface area contributed by atoms with Crippen LogP contribution in [0.25, 0.3) is 0 Å². The van der Waals surface area contributed by atoms with Gasteiger partial charge in [0.2, 0.25) is 16.9 Å². The molecule has 1 aliphatic heterocycles. The van der Waals surface area contributed by atoms with E-state index in [1.807, 2.05) is 0 Å². The molecule has 1 aromatic heterocycles. The van der Waals surface area contributed by atoms with E-state index in [1.165, 1.54) is 6.07 Å². The van der Waals surface area contributed by atoms with Gasteiger partial charge >= 0.3 is 5.69 Å². The van der Waals surface area contributed by atoms with Crippen LogP contribution in [0.15, 0.2) is 18.2 Å². The van der Waals surface area contributed by atoms with E-state index in [0.29, 0.717) is 12.0 Å². The zero-order valence-corrected chi connectivity index (χ0v) is 18.9. The quantitative estimate of drug-likeness (QED) is 0.312. The molecular weight excluding hydrogens is 476 g/mol. The number of halogens is 3. The number of aromatic nitrogens is 2. The lowest BCUT2D eigenvalue weighted by molar-refractivity contribution is -0.383. The van der Waals surface area contributed by atoms with Crippen molar-refractivity contribution in [2.75, 3.05) is 10.6 Å². The van der Waals surface area contributed by atoms with E-state index in [2.05, 4.69) is 20.6 Å². The number of hydrogen-bond donors (Lipinski definition) is 3. The minimum absolute atomic E-state index is 0.0957. The van der Waals surface area contributed by atoms with Crippen molar-refractivity contribution in [2.24, 2.45) is 0 Å². The average Bonchev–Trinajstić information content (AvgIpc) is 3.34. The molecule has 3 fully saturated rings. The second-order valence-electron chi connectivity index (χ2n) is 9.18. The number of nitro groups is 1. The van der Waals surface area contributed by atoms with Crippen LogP contribution in [0.2, 0.25) is 5.28 Å². The molecule has 2 saturated carbocycles. The summed E-state index contributed by atoms with van der Waals surface area (Å²) in [6, 6.07) is 2.84. The van der Waals surface area contributed by atoms with Crippen LogP contribution in [-0.2, 0) is 9.47 Å². The highest BCUT2D eigenvalue weighted by Crippen LogP contribution is 2.45. The van der Waals surface area contributed by atoms with Crippen molar-refractivity contribution in [1.29, 1.82) is 0 Å². The second-order valence-corrected chi connectivity index (χ2v) is 9.52. The maximum atomic E-state index is 13.6. The maximum absolute atomic E-state index is 13.6. The van der Waals surface area contributed by atoms with Crippen molar-refractivity contribution in [1.82, 2.24) is 9.97 Å². The number of hydrogen-bond acceptors (Lipinski definition) is 9. The van der Waals surface area contributed by atoms with Gasteiger partial charge in [-0.3, -0.25) is 10.1 Å². The van der Waals surface area contributed by atoms with Crippen LogP contribution < -0.4 is 10.6 Å². The molecule has 2 aliphatic carbocycles. The first-order chi connectivity index (χ1) is 16.0. The van der Waals surface area contributed by atoms with Crippen molar-refractivity contribution < 1.29 is 28.3 Å². The van der Waals surface area contributed by atoms with Gasteiger partial charge < -0.3 is 25.2 Å². The third kappa shape index (κ3) is 4.26. The predicted molar refractivity (Wildman–Crippen MR) is 117 cm³/mol. The predicted octanol–water partition coefficient (Wildman–Crippen LogP) is 3.35. The van der Waals surface area contributed by atoms with Gasteiger partial charge in [-0.25, -0.2) is 8.78 Å². The smallest absolute Gasteiger partial charge is 0.353 e. The minimum atomic E-state index is -0.955. The molecule has 2 heterocycles. The SMILES string of the molecule is CC1(C)O[C@@H]2[C@H](O1)[C@@H](O)C[C@H]2Nc1nc(Cl)nc(N[C@@H]2C[C@H]2c2ccc(F)c(F)c2)c1[N+](=O)[O-]. The molecule has 0 unspecified atom stereocenters. The summed E-state index contributed by atoms with van der Waals surface area (Å²) in [5.74, 6) is -3.19. The number of anilines is 2. The Morgan fingerprint density at radius 3 is 2.41 bits per heavy atom. The van der Waals surface area contributed by atoms with Crippen molar-refractivity contribution in [3.05, 3.63) is 50.8 Å². The third-order valence-corrected chi connectivity index (χ3v) is 6.45. The zero-order chi connectivity index (χ0) is 24.4. The van der Waals surface area contributed by atoms with Crippen molar-refractivity contribution in [3.63, 3.8) is 0 Å². The van der Waals surface area contributed by atoms with E-state index in [-0.39, 0.29) is 35.3 Å². The molecule has 0 bridgehead atoms. The zero-order valence-electron chi connectivity index (χ0n) is 18.2. The van der Waals surface area contributed by atoms with Crippen LogP contribution in [0.1, 0.15) is 38.2 Å². The Labute approximate surface area is 197 Å². The fourth-order valence-corrected chi connectivity index (χ4v) is 4.88. The standard InChI is InChI=1S/C21H22ClF2N5O5/c1-21(2)33-16-13(7-14(30)17(16)34-21)26-19-15(29(31)32)18(27-20(22)28-19)25-12-6-9(12)8-3-4-10(23)11(24)5-8/h3-5,9,12-14,16-17,30H,6-7H2,1-2H3,(H2,25,26,27,28)/t9-,12+,13+,14-,16-,17+/m0/s1. The minimum Gasteiger partial charge on any atom is -0.390 e. The van der Waals surface area contributed by atoms with Gasteiger partial charge in [-0.15, -0.1) is 0 Å². The third-order valence-electron chi connectivity index (χ3n) is 6.28. The number of nitrogens with one attached hydrogen (secondary N) is 2. The first-order valence-corrected chi connectivity index (χ1v) is 11.1. The summed E-state index contributed by atoms with van der Waals surface area (Å²) in [5.41, 5.74) is 0.154. The van der Waals surface area contributed by atoms with E-state index in [4.69, 9.17) is 21.1 Å². The van der Waals surface area contributed by atoms with Gasteiger partial charge in [-0.05, 0) is 56.0 Å². The number of aliphatic hydroxyl groups excluding tert-OH is 1. The summed E-state index contributed by atoms with van der Waals surface area (Å²) in [5, 5.41) is 28.1. The number of benzene rings is 1. The maximum Gasteiger partial charge on any atom is 0.353 e. The number of fused-ring (bicyclic) bond motifs is 1. The molecule has 1 saturated heterocycles. The molecule has 6 atom stereocenters. The molecule has 0 radical (unpaired) electrons. The Bertz CT molecular complexity index is 1150. The molecule has 2 aromatic rings. The molecule has 0 spiro atoms. The first kappa shape index (κ1) is 23.1. The van der Waals surface area contributed by atoms with Gasteiger partial charge in [-0.1, -0.05) is 6.07 Å². The van der Waals surface area contributed by atoms with Gasteiger partial charge in [0.05, 0.1) is 17.1 Å². The summed E-state index contributed by atoms with van der Waals surface area (Å²) < 4.78 is 38.4. The fourth-order valence-electron chi connectivity index (χ4n) is 4.71. The van der Waals surface area contributed by atoms with E-state index >= 15 is 0 Å². The van der Waals surface area contributed by atoms with Crippen LogP contribution in [-0.4, -0.2) is 56.2 Å². The van der Waals surface area contributed by atoms with Gasteiger partial charge in [0.1, 0.15) is 12.2 Å². The van der Waals surface area contributed by atoms with Gasteiger partial charge in [-0.2, -0.15) is 9.97 Å². The molecule has 10 nitrogen and oxygen atoms in total. The van der Waals surface area contributed by atoms with E-state index in [1.54, 1.807) is 13.8 Å². The Kier molecular flexibility index (Phi) is 5.58. The number of rotatable bonds is 6.